The highest BCUT2D eigenvalue weighted by Crippen LogP contribution is 2.35. The first-order valence-corrected chi connectivity index (χ1v) is 5.87. The lowest BCUT2D eigenvalue weighted by molar-refractivity contribution is 0.158. The van der Waals surface area contributed by atoms with E-state index in [1.807, 2.05) is 12.1 Å². The van der Waals surface area contributed by atoms with Crippen LogP contribution in [-0.4, -0.2) is 30.1 Å². The molecule has 2 N–H and O–H groups in total. The van der Waals surface area contributed by atoms with Gasteiger partial charge in [-0.1, -0.05) is 24.3 Å². The molecular formula is C13H16N2O. The molecule has 2 aliphatic rings. The van der Waals surface area contributed by atoms with Gasteiger partial charge in [-0.3, -0.25) is 4.99 Å². The third-order valence-corrected chi connectivity index (χ3v) is 3.50. The van der Waals surface area contributed by atoms with Crippen LogP contribution in [0.25, 0.3) is 0 Å². The minimum Gasteiger partial charge on any atom is -0.392 e. The number of nitrogens with zero attached hydrogens (tertiary/aromatic N) is 1. The Morgan fingerprint density at radius 3 is 3.06 bits per heavy atom. The molecule has 0 amide bonds. The summed E-state index contributed by atoms with van der Waals surface area (Å²) in [6, 6.07) is 8.33. The van der Waals surface area contributed by atoms with Crippen molar-refractivity contribution in [2.24, 2.45) is 4.99 Å². The standard InChI is InChI=1S/C13H16N2O/c16-12-7-9-3-1-2-4-10(9)11(12)8-13-14-5-6-15-13/h1-4,11-12,16H,5-8H2,(H,14,15)/t11?,12-/m1/s1. The highest BCUT2D eigenvalue weighted by atomic mass is 16.3. The van der Waals surface area contributed by atoms with Crippen molar-refractivity contribution < 1.29 is 5.11 Å². The molecule has 1 aliphatic heterocycles. The fourth-order valence-corrected chi connectivity index (χ4v) is 2.69. The van der Waals surface area contributed by atoms with Gasteiger partial charge in [-0.05, 0) is 17.5 Å². The number of benzene rings is 1. The fraction of sp³-hybridized carbons (Fsp3) is 0.462. The first-order chi connectivity index (χ1) is 7.84. The molecule has 0 aromatic heterocycles. The maximum absolute atomic E-state index is 10.1. The minimum atomic E-state index is -0.248. The molecule has 0 saturated heterocycles. The van der Waals surface area contributed by atoms with E-state index in [0.29, 0.717) is 0 Å². The number of rotatable bonds is 2. The Bertz CT molecular complexity index is 428. The highest BCUT2D eigenvalue weighted by Gasteiger charge is 2.31. The van der Waals surface area contributed by atoms with Crippen LogP contribution >= 0.6 is 0 Å². The van der Waals surface area contributed by atoms with Gasteiger partial charge in [0.15, 0.2) is 0 Å². The van der Waals surface area contributed by atoms with Crippen LogP contribution in [0.15, 0.2) is 29.3 Å². The number of aliphatic imine (C=N–C) groups is 1. The zero-order valence-corrected chi connectivity index (χ0v) is 9.19. The summed E-state index contributed by atoms with van der Waals surface area (Å²) in [6.45, 7) is 1.82. The van der Waals surface area contributed by atoms with Gasteiger partial charge < -0.3 is 10.4 Å². The van der Waals surface area contributed by atoms with Crippen LogP contribution in [0, 0.1) is 0 Å². The molecule has 0 spiro atoms. The summed E-state index contributed by atoms with van der Waals surface area (Å²) < 4.78 is 0. The molecule has 0 radical (unpaired) electrons. The lowest BCUT2D eigenvalue weighted by atomic mass is 9.96. The van der Waals surface area contributed by atoms with Gasteiger partial charge >= 0.3 is 0 Å². The minimum absolute atomic E-state index is 0.223. The van der Waals surface area contributed by atoms with Crippen LogP contribution < -0.4 is 5.32 Å². The zero-order chi connectivity index (χ0) is 11.0. The Balaban J connectivity index is 1.84. The van der Waals surface area contributed by atoms with E-state index in [-0.39, 0.29) is 12.0 Å². The Kier molecular flexibility index (Phi) is 2.40. The van der Waals surface area contributed by atoms with E-state index in [0.717, 1.165) is 31.8 Å². The predicted molar refractivity (Wildman–Crippen MR) is 63.8 cm³/mol. The summed E-state index contributed by atoms with van der Waals surface area (Å²) in [5.74, 6) is 1.28. The van der Waals surface area contributed by atoms with E-state index in [4.69, 9.17) is 0 Å². The van der Waals surface area contributed by atoms with E-state index in [2.05, 4.69) is 22.4 Å². The van der Waals surface area contributed by atoms with Gasteiger partial charge in [0.1, 0.15) is 0 Å². The number of aliphatic hydroxyl groups excluding tert-OH is 1. The van der Waals surface area contributed by atoms with Gasteiger partial charge in [0, 0.05) is 18.9 Å². The van der Waals surface area contributed by atoms with Crippen LogP contribution in [0.4, 0.5) is 0 Å². The van der Waals surface area contributed by atoms with Crippen molar-refractivity contribution in [3.63, 3.8) is 0 Å². The number of hydrogen-bond donors (Lipinski definition) is 2. The van der Waals surface area contributed by atoms with Crippen molar-refractivity contribution in [1.29, 1.82) is 0 Å². The summed E-state index contributed by atoms with van der Waals surface area (Å²) in [6.07, 6.45) is 1.38. The van der Waals surface area contributed by atoms with Crippen molar-refractivity contribution in [2.75, 3.05) is 13.1 Å². The molecule has 3 rings (SSSR count). The van der Waals surface area contributed by atoms with E-state index in [9.17, 15) is 5.11 Å². The summed E-state index contributed by atoms with van der Waals surface area (Å²) in [5.41, 5.74) is 2.59. The Labute approximate surface area is 95.2 Å². The summed E-state index contributed by atoms with van der Waals surface area (Å²) in [4.78, 5) is 4.40. The molecule has 0 fully saturated rings. The topological polar surface area (TPSA) is 44.6 Å². The maximum atomic E-state index is 10.1. The van der Waals surface area contributed by atoms with Crippen LogP contribution in [-0.2, 0) is 6.42 Å². The van der Waals surface area contributed by atoms with Crippen LogP contribution in [0.3, 0.4) is 0 Å². The lowest BCUT2D eigenvalue weighted by Gasteiger charge is -2.15. The van der Waals surface area contributed by atoms with Gasteiger partial charge in [-0.2, -0.15) is 0 Å². The first kappa shape index (κ1) is 9.85. The van der Waals surface area contributed by atoms with E-state index in [1.165, 1.54) is 11.1 Å². The molecule has 16 heavy (non-hydrogen) atoms. The molecule has 3 heteroatoms. The third-order valence-electron chi connectivity index (χ3n) is 3.50. The largest absolute Gasteiger partial charge is 0.392 e. The van der Waals surface area contributed by atoms with Gasteiger partial charge in [-0.25, -0.2) is 0 Å². The Morgan fingerprint density at radius 1 is 1.38 bits per heavy atom. The molecule has 1 aliphatic carbocycles. The highest BCUT2D eigenvalue weighted by molar-refractivity contribution is 5.84. The van der Waals surface area contributed by atoms with Crippen molar-refractivity contribution in [2.45, 2.75) is 24.9 Å². The number of aliphatic hydroxyl groups is 1. The summed E-state index contributed by atoms with van der Waals surface area (Å²) in [7, 11) is 0. The van der Waals surface area contributed by atoms with E-state index in [1.54, 1.807) is 0 Å². The maximum Gasteiger partial charge on any atom is 0.0971 e. The quantitative estimate of drug-likeness (QED) is 0.777. The van der Waals surface area contributed by atoms with Crippen molar-refractivity contribution >= 4 is 5.84 Å². The van der Waals surface area contributed by atoms with Crippen LogP contribution in [0.5, 0.6) is 0 Å². The second-order valence-electron chi connectivity index (χ2n) is 4.54. The average molecular weight is 216 g/mol. The average Bonchev–Trinajstić information content (AvgIpc) is 2.89. The van der Waals surface area contributed by atoms with Crippen molar-refractivity contribution in [3.8, 4) is 0 Å². The smallest absolute Gasteiger partial charge is 0.0971 e. The second-order valence-corrected chi connectivity index (χ2v) is 4.54. The van der Waals surface area contributed by atoms with Crippen LogP contribution in [0.1, 0.15) is 23.5 Å². The number of fused-ring (bicyclic) bond motifs is 1. The van der Waals surface area contributed by atoms with Gasteiger partial charge in [0.05, 0.1) is 18.5 Å². The number of nitrogens with one attached hydrogen (secondary N) is 1. The monoisotopic (exact) mass is 216 g/mol. The molecule has 3 nitrogen and oxygen atoms in total. The molecule has 84 valence electrons. The Hall–Kier alpha value is -1.35. The van der Waals surface area contributed by atoms with E-state index >= 15 is 0 Å². The third kappa shape index (κ3) is 1.61. The molecular weight excluding hydrogens is 200 g/mol. The Morgan fingerprint density at radius 2 is 2.25 bits per heavy atom. The van der Waals surface area contributed by atoms with Crippen molar-refractivity contribution in [3.05, 3.63) is 35.4 Å². The molecule has 1 aromatic rings. The normalized spacial score (nSPS) is 27.4. The lowest BCUT2D eigenvalue weighted by Crippen LogP contribution is -2.24. The molecule has 1 aromatic carbocycles. The molecule has 0 bridgehead atoms. The SMILES string of the molecule is O[C@@H]1Cc2ccccc2C1CC1=NCCN1. The second kappa shape index (κ2) is 3.91. The number of amidine groups is 1. The molecule has 1 unspecified atom stereocenters. The van der Waals surface area contributed by atoms with Gasteiger partial charge in [0.2, 0.25) is 0 Å². The predicted octanol–water partition coefficient (Wildman–Crippen LogP) is 1.08. The summed E-state index contributed by atoms with van der Waals surface area (Å²) in [5, 5.41) is 13.4. The summed E-state index contributed by atoms with van der Waals surface area (Å²) >= 11 is 0. The van der Waals surface area contributed by atoms with Crippen molar-refractivity contribution in [1.82, 2.24) is 5.32 Å². The molecule has 0 saturated carbocycles. The van der Waals surface area contributed by atoms with E-state index < -0.39 is 0 Å². The van der Waals surface area contributed by atoms with Crippen LogP contribution in [0.2, 0.25) is 0 Å². The fourth-order valence-electron chi connectivity index (χ4n) is 2.69. The molecule has 1 heterocycles. The zero-order valence-electron chi connectivity index (χ0n) is 9.19. The number of hydrogen-bond acceptors (Lipinski definition) is 3. The first-order valence-electron chi connectivity index (χ1n) is 5.87. The van der Waals surface area contributed by atoms with Gasteiger partial charge in [0.25, 0.3) is 0 Å². The molecule has 2 atom stereocenters. The van der Waals surface area contributed by atoms with Gasteiger partial charge in [-0.15, -0.1) is 0 Å².